The number of hydrogen-bond acceptors (Lipinski definition) is 5. The summed E-state index contributed by atoms with van der Waals surface area (Å²) in [6.07, 6.45) is 7.52. The van der Waals surface area contributed by atoms with E-state index in [-0.39, 0.29) is 11.8 Å². The Labute approximate surface area is 196 Å². The first kappa shape index (κ1) is 24.1. The van der Waals surface area contributed by atoms with E-state index in [9.17, 15) is 4.79 Å². The Bertz CT molecular complexity index is 1170. The van der Waals surface area contributed by atoms with Gasteiger partial charge in [0.2, 0.25) is 5.95 Å². The fraction of sp³-hybridized carbons (Fsp3) is 0.333. The fourth-order valence-corrected chi connectivity index (χ4v) is 3.61. The van der Waals surface area contributed by atoms with Gasteiger partial charge in [0.25, 0.3) is 0 Å². The van der Waals surface area contributed by atoms with Crippen molar-refractivity contribution >= 4 is 22.8 Å². The number of anilines is 1. The van der Waals surface area contributed by atoms with Crippen LogP contribution in [0.1, 0.15) is 64.1 Å². The fourth-order valence-electron chi connectivity index (χ4n) is 3.61. The minimum Gasteiger partial charge on any atom is -0.348 e. The van der Waals surface area contributed by atoms with E-state index in [4.69, 9.17) is 4.98 Å². The van der Waals surface area contributed by atoms with Gasteiger partial charge < -0.3 is 10.1 Å². The monoisotopic (exact) mass is 443 g/mol. The molecule has 0 radical (unpaired) electrons. The Balaban J connectivity index is 0.000000454. The summed E-state index contributed by atoms with van der Waals surface area (Å²) in [4.78, 5) is 23.7. The number of aryl methyl sites for hydroxylation is 1. The van der Waals surface area contributed by atoms with Gasteiger partial charge in [-0.25, -0.2) is 9.97 Å². The minimum atomic E-state index is 0.123. The van der Waals surface area contributed by atoms with Crippen LogP contribution < -0.4 is 5.32 Å². The van der Waals surface area contributed by atoms with Gasteiger partial charge in [-0.05, 0) is 56.0 Å². The van der Waals surface area contributed by atoms with Crippen molar-refractivity contribution in [2.75, 3.05) is 5.32 Å². The van der Waals surface area contributed by atoms with E-state index in [2.05, 4.69) is 59.5 Å². The highest BCUT2D eigenvalue weighted by atomic mass is 16.1. The van der Waals surface area contributed by atoms with E-state index in [1.807, 2.05) is 42.1 Å². The quantitative estimate of drug-likeness (QED) is 0.345. The van der Waals surface area contributed by atoms with E-state index in [1.165, 1.54) is 11.1 Å². The number of hydrogen-bond donors (Lipinski definition) is 1. The number of nitrogens with zero attached hydrogens (tertiary/aromatic N) is 4. The van der Waals surface area contributed by atoms with Crippen LogP contribution in [0.15, 0.2) is 67.1 Å². The second-order valence-corrected chi connectivity index (χ2v) is 8.15. The predicted molar refractivity (Wildman–Crippen MR) is 135 cm³/mol. The van der Waals surface area contributed by atoms with Crippen molar-refractivity contribution < 1.29 is 4.79 Å². The largest absolute Gasteiger partial charge is 0.348 e. The van der Waals surface area contributed by atoms with Gasteiger partial charge in [-0.15, -0.1) is 0 Å². The maximum atomic E-state index is 10.0. The second-order valence-electron chi connectivity index (χ2n) is 8.15. The van der Waals surface area contributed by atoms with Crippen molar-refractivity contribution in [2.45, 2.75) is 59.4 Å². The molecule has 0 saturated carbocycles. The maximum absolute atomic E-state index is 10.0. The van der Waals surface area contributed by atoms with Gasteiger partial charge in [0, 0.05) is 12.6 Å². The zero-order valence-corrected chi connectivity index (χ0v) is 20.0. The van der Waals surface area contributed by atoms with E-state index >= 15 is 0 Å². The Morgan fingerprint density at radius 1 is 1.03 bits per heavy atom. The molecule has 1 atom stereocenters. The summed E-state index contributed by atoms with van der Waals surface area (Å²) in [7, 11) is 0. The highest BCUT2D eigenvalue weighted by Gasteiger charge is 2.10. The summed E-state index contributed by atoms with van der Waals surface area (Å²) >= 11 is 0. The molecule has 0 saturated heterocycles. The molecule has 6 heteroatoms. The third kappa shape index (κ3) is 6.72. The summed E-state index contributed by atoms with van der Waals surface area (Å²) in [6.45, 7) is 7.91. The molecule has 4 aromatic rings. The number of carbonyl (C=O) groups is 1. The van der Waals surface area contributed by atoms with E-state index < -0.39 is 0 Å². The molecule has 172 valence electrons. The third-order valence-corrected chi connectivity index (χ3v) is 5.29. The van der Waals surface area contributed by atoms with Crippen molar-refractivity contribution in [3.05, 3.63) is 78.2 Å². The van der Waals surface area contributed by atoms with Gasteiger partial charge in [0.05, 0.1) is 17.1 Å². The maximum Gasteiger partial charge on any atom is 0.225 e. The zero-order valence-electron chi connectivity index (χ0n) is 20.0. The number of aromatic nitrogens is 4. The van der Waals surface area contributed by atoms with Crippen LogP contribution in [0.4, 0.5) is 5.95 Å². The molecule has 33 heavy (non-hydrogen) atoms. The molecule has 0 bridgehead atoms. The smallest absolute Gasteiger partial charge is 0.225 e. The molecule has 0 amide bonds. The Hall–Kier alpha value is -3.54. The average molecular weight is 444 g/mol. The van der Waals surface area contributed by atoms with Crippen molar-refractivity contribution in [1.29, 1.82) is 0 Å². The number of Topliss-reactive ketones (excluding diaryl/α,β-unsaturated/α-hetero) is 1. The molecule has 0 fully saturated rings. The number of benzene rings is 2. The highest BCUT2D eigenvalue weighted by Crippen LogP contribution is 2.21. The first-order chi connectivity index (χ1) is 16.0. The third-order valence-electron chi connectivity index (χ3n) is 5.29. The number of nitrogens with one attached hydrogen (secondary N) is 1. The Morgan fingerprint density at radius 3 is 2.48 bits per heavy atom. The van der Waals surface area contributed by atoms with Gasteiger partial charge in [-0.2, -0.15) is 4.98 Å². The normalized spacial score (nSPS) is 11.5. The number of imidazole rings is 1. The van der Waals surface area contributed by atoms with Crippen LogP contribution >= 0.6 is 0 Å². The molecule has 2 heterocycles. The van der Waals surface area contributed by atoms with E-state index in [0.29, 0.717) is 5.95 Å². The van der Waals surface area contributed by atoms with Crippen LogP contribution in [0.25, 0.3) is 16.9 Å². The van der Waals surface area contributed by atoms with Crippen molar-refractivity contribution in [1.82, 2.24) is 19.5 Å². The van der Waals surface area contributed by atoms with Crippen LogP contribution in [-0.4, -0.2) is 25.3 Å². The van der Waals surface area contributed by atoms with Crippen LogP contribution in [0.3, 0.4) is 0 Å². The Kier molecular flexibility index (Phi) is 8.70. The van der Waals surface area contributed by atoms with E-state index in [0.717, 1.165) is 42.5 Å². The predicted octanol–water partition coefficient (Wildman–Crippen LogP) is 6.32. The molecular weight excluding hydrogens is 410 g/mol. The molecule has 2 aromatic carbocycles. The lowest BCUT2D eigenvalue weighted by molar-refractivity contribution is -0.117. The standard InChI is InChI=1S/C22H23N5.C5H10O/c1-3-7-17-10-11-20-19(14-17)24-15-27(20)21-12-13-23-22(26-21)25-16(2)18-8-5-4-6-9-18;1-3-4-5(2)6/h4-6,8-16H,3,7H2,1-2H3,(H,23,25,26);3-4H2,1-2H3/t16-;/m0./s1. The summed E-state index contributed by atoms with van der Waals surface area (Å²) in [5.74, 6) is 1.70. The molecular formula is C27H33N5O. The second kappa shape index (κ2) is 11.9. The molecule has 1 N–H and O–H groups in total. The molecule has 0 aliphatic rings. The van der Waals surface area contributed by atoms with Crippen molar-refractivity contribution in [3.8, 4) is 5.82 Å². The topological polar surface area (TPSA) is 72.7 Å². The van der Waals surface area contributed by atoms with Crippen LogP contribution in [0, 0.1) is 0 Å². The number of ketones is 1. The van der Waals surface area contributed by atoms with Gasteiger partial charge in [0.1, 0.15) is 17.9 Å². The number of rotatable bonds is 8. The van der Waals surface area contributed by atoms with Gasteiger partial charge in [0.15, 0.2) is 0 Å². The average Bonchev–Trinajstić information content (AvgIpc) is 3.24. The SMILES string of the molecule is CCCC(C)=O.CCCc1ccc2c(c1)ncn2-c1ccnc(N[C@@H](C)c2ccccc2)n1. The molecule has 0 aliphatic carbocycles. The summed E-state index contributed by atoms with van der Waals surface area (Å²) in [5.41, 5.74) is 4.56. The minimum absolute atomic E-state index is 0.123. The molecule has 0 unspecified atom stereocenters. The van der Waals surface area contributed by atoms with Gasteiger partial charge in [-0.1, -0.05) is 56.7 Å². The zero-order chi connectivity index (χ0) is 23.6. The summed E-state index contributed by atoms with van der Waals surface area (Å²) in [6, 6.07) is 18.8. The number of fused-ring (bicyclic) bond motifs is 1. The van der Waals surface area contributed by atoms with Gasteiger partial charge >= 0.3 is 0 Å². The van der Waals surface area contributed by atoms with Crippen LogP contribution in [0.2, 0.25) is 0 Å². The molecule has 4 rings (SSSR count). The Morgan fingerprint density at radius 2 is 1.82 bits per heavy atom. The van der Waals surface area contributed by atoms with E-state index in [1.54, 1.807) is 13.1 Å². The highest BCUT2D eigenvalue weighted by molar-refractivity contribution is 5.78. The molecule has 0 aliphatic heterocycles. The molecule has 0 spiro atoms. The lowest BCUT2D eigenvalue weighted by atomic mass is 10.1. The molecule has 6 nitrogen and oxygen atoms in total. The lowest BCUT2D eigenvalue weighted by Crippen LogP contribution is -2.10. The van der Waals surface area contributed by atoms with Gasteiger partial charge in [-0.3, -0.25) is 4.57 Å². The van der Waals surface area contributed by atoms with Crippen LogP contribution in [0.5, 0.6) is 0 Å². The first-order valence-electron chi connectivity index (χ1n) is 11.6. The first-order valence-corrected chi connectivity index (χ1v) is 11.6. The summed E-state index contributed by atoms with van der Waals surface area (Å²) < 4.78 is 2.01. The van der Waals surface area contributed by atoms with Crippen molar-refractivity contribution in [2.24, 2.45) is 0 Å². The molecule has 2 aromatic heterocycles. The lowest BCUT2D eigenvalue weighted by Gasteiger charge is -2.14. The van der Waals surface area contributed by atoms with Crippen LogP contribution in [-0.2, 0) is 11.2 Å². The summed E-state index contributed by atoms with van der Waals surface area (Å²) in [5, 5.41) is 3.38. The number of carbonyl (C=O) groups excluding carboxylic acids is 1. The van der Waals surface area contributed by atoms with Crippen molar-refractivity contribution in [3.63, 3.8) is 0 Å².